The summed E-state index contributed by atoms with van der Waals surface area (Å²) in [6.45, 7) is 11.7. The van der Waals surface area contributed by atoms with E-state index in [2.05, 4.69) is 67.7 Å². The molecule has 3 aromatic rings. The van der Waals surface area contributed by atoms with Gasteiger partial charge >= 0.3 is 0 Å². The van der Waals surface area contributed by atoms with E-state index in [1.54, 1.807) is 18.1 Å². The molecule has 4 rings (SSSR count). The predicted octanol–water partition coefficient (Wildman–Crippen LogP) is 5.87. The number of carbonyl (C=O) groups is 1. The number of hydrogen-bond donors (Lipinski definition) is 1. The van der Waals surface area contributed by atoms with Gasteiger partial charge in [0, 0.05) is 51.1 Å². The SMILES string of the molecule is Cc1ccccc1-c1cc(N2CCNCC2)ncc1C(=O)N(C)Cc1cc(C(C)(C)P)cc(C(C)(F)P)c1. The van der Waals surface area contributed by atoms with Gasteiger partial charge in [0.1, 0.15) is 11.2 Å². The molecule has 1 aromatic heterocycles. The van der Waals surface area contributed by atoms with Gasteiger partial charge in [0.15, 0.2) is 0 Å². The monoisotopic (exact) mass is 552 g/mol. The Labute approximate surface area is 231 Å². The number of benzene rings is 2. The molecule has 1 N–H and O–H groups in total. The van der Waals surface area contributed by atoms with Gasteiger partial charge in [0.2, 0.25) is 0 Å². The van der Waals surface area contributed by atoms with Gasteiger partial charge in [-0.15, -0.1) is 9.24 Å². The lowest BCUT2D eigenvalue weighted by Crippen LogP contribution is -2.44. The molecule has 0 aliphatic carbocycles. The van der Waals surface area contributed by atoms with E-state index in [0.29, 0.717) is 17.7 Å². The number of amides is 1. The Hall–Kier alpha value is -2.39. The highest BCUT2D eigenvalue weighted by Crippen LogP contribution is 2.38. The van der Waals surface area contributed by atoms with E-state index < -0.39 is 5.41 Å². The molecule has 3 atom stereocenters. The van der Waals surface area contributed by atoms with Gasteiger partial charge in [0.25, 0.3) is 5.91 Å². The predicted molar refractivity (Wildman–Crippen MR) is 163 cm³/mol. The van der Waals surface area contributed by atoms with Gasteiger partial charge in [-0.05, 0) is 53.3 Å². The molecule has 1 saturated heterocycles. The molecule has 2 aromatic carbocycles. The van der Waals surface area contributed by atoms with Crippen molar-refractivity contribution in [1.29, 1.82) is 0 Å². The minimum atomic E-state index is -1.56. The Bertz CT molecular complexity index is 1280. The molecular formula is C30H39FN4OP2. The van der Waals surface area contributed by atoms with Crippen LogP contribution in [0.5, 0.6) is 0 Å². The molecule has 38 heavy (non-hydrogen) atoms. The maximum absolute atomic E-state index is 15.0. The van der Waals surface area contributed by atoms with Crippen molar-refractivity contribution >= 4 is 30.2 Å². The normalized spacial score (nSPS) is 15.7. The highest BCUT2D eigenvalue weighted by molar-refractivity contribution is 7.18. The van der Waals surface area contributed by atoms with E-state index >= 15 is 0 Å². The van der Waals surface area contributed by atoms with Crippen molar-refractivity contribution in [2.75, 3.05) is 38.1 Å². The van der Waals surface area contributed by atoms with E-state index in [4.69, 9.17) is 4.98 Å². The largest absolute Gasteiger partial charge is 0.354 e. The molecule has 0 saturated carbocycles. The zero-order chi connectivity index (χ0) is 27.7. The second-order valence-corrected chi connectivity index (χ2v) is 13.5. The zero-order valence-corrected chi connectivity index (χ0v) is 25.3. The quantitative estimate of drug-likeness (QED) is 0.373. The maximum Gasteiger partial charge on any atom is 0.256 e. The summed E-state index contributed by atoms with van der Waals surface area (Å²) in [5.74, 6) is 0.764. The average Bonchev–Trinajstić information content (AvgIpc) is 2.87. The second kappa shape index (κ2) is 11.4. The molecule has 1 fully saturated rings. The molecule has 1 aliphatic rings. The van der Waals surface area contributed by atoms with Crippen molar-refractivity contribution in [1.82, 2.24) is 15.2 Å². The molecule has 0 spiro atoms. The lowest BCUT2D eigenvalue weighted by Gasteiger charge is -2.29. The summed E-state index contributed by atoms with van der Waals surface area (Å²) >= 11 is 0. The Kier molecular flexibility index (Phi) is 8.57. The number of anilines is 1. The Morgan fingerprint density at radius 1 is 1.05 bits per heavy atom. The van der Waals surface area contributed by atoms with Gasteiger partial charge in [0.05, 0.1) is 5.56 Å². The number of aromatic nitrogens is 1. The summed E-state index contributed by atoms with van der Waals surface area (Å²) in [4.78, 5) is 22.6. The van der Waals surface area contributed by atoms with Crippen LogP contribution < -0.4 is 10.2 Å². The number of halogens is 1. The van der Waals surface area contributed by atoms with Crippen molar-refractivity contribution in [3.05, 3.63) is 82.5 Å². The van der Waals surface area contributed by atoms with Crippen LogP contribution in [0.15, 0.2) is 54.7 Å². The fourth-order valence-electron chi connectivity index (χ4n) is 4.77. The number of aryl methyl sites for hydroxylation is 1. The third-order valence-corrected chi connectivity index (χ3v) is 7.73. The van der Waals surface area contributed by atoms with Crippen molar-refractivity contribution < 1.29 is 9.18 Å². The molecule has 3 unspecified atom stereocenters. The minimum absolute atomic E-state index is 0.117. The number of pyridine rings is 1. The lowest BCUT2D eigenvalue weighted by atomic mass is 9.94. The topological polar surface area (TPSA) is 48.5 Å². The van der Waals surface area contributed by atoms with Gasteiger partial charge in [-0.1, -0.05) is 65.6 Å². The molecule has 2 heterocycles. The van der Waals surface area contributed by atoms with E-state index in [-0.39, 0.29) is 11.1 Å². The summed E-state index contributed by atoms with van der Waals surface area (Å²) < 4.78 is 15.0. The smallest absolute Gasteiger partial charge is 0.256 e. The second-order valence-electron chi connectivity index (χ2n) is 11.0. The third-order valence-electron chi connectivity index (χ3n) is 7.06. The Morgan fingerprint density at radius 2 is 1.71 bits per heavy atom. The van der Waals surface area contributed by atoms with E-state index in [9.17, 15) is 9.18 Å². The standard InChI is InChI=1S/C30H39FN4OP2/c1-20-8-6-7-9-24(20)25-17-27(35-12-10-32-11-13-35)33-18-26(25)28(36)34(5)19-21-14-22(29(2,3)37)16-23(15-21)30(4,31)38/h6-9,14-18,32H,10-13,19,37-38H2,1-5H3. The van der Waals surface area contributed by atoms with Crippen LogP contribution in [0.25, 0.3) is 11.1 Å². The van der Waals surface area contributed by atoms with Crippen LogP contribution in [0.1, 0.15) is 53.4 Å². The first-order valence-corrected chi connectivity index (χ1v) is 14.2. The van der Waals surface area contributed by atoms with Crippen LogP contribution in [0.2, 0.25) is 0 Å². The van der Waals surface area contributed by atoms with Crippen LogP contribution in [0.4, 0.5) is 10.2 Å². The number of alkyl halides is 1. The number of nitrogens with one attached hydrogen (secondary N) is 1. The first-order chi connectivity index (χ1) is 17.8. The number of carbonyl (C=O) groups excluding carboxylic acids is 1. The number of rotatable bonds is 7. The molecule has 1 aliphatic heterocycles. The average molecular weight is 553 g/mol. The highest BCUT2D eigenvalue weighted by atomic mass is 31.0. The first kappa shape index (κ1) is 28.6. The molecule has 0 bridgehead atoms. The zero-order valence-electron chi connectivity index (χ0n) is 23.0. The van der Waals surface area contributed by atoms with Crippen molar-refractivity contribution in [3.8, 4) is 11.1 Å². The molecule has 5 nitrogen and oxygen atoms in total. The fraction of sp³-hybridized carbons (Fsp3) is 0.400. The Balaban J connectivity index is 1.71. The molecule has 8 heteroatoms. The van der Waals surface area contributed by atoms with Gasteiger partial charge < -0.3 is 15.1 Å². The van der Waals surface area contributed by atoms with E-state index in [1.165, 1.54) is 6.92 Å². The van der Waals surface area contributed by atoms with Crippen LogP contribution in [0.3, 0.4) is 0 Å². The summed E-state index contributed by atoms with van der Waals surface area (Å²) in [7, 11) is 6.90. The van der Waals surface area contributed by atoms with Crippen molar-refractivity contribution in [3.63, 3.8) is 0 Å². The third kappa shape index (κ3) is 6.60. The van der Waals surface area contributed by atoms with Gasteiger partial charge in [-0.25, -0.2) is 9.37 Å². The maximum atomic E-state index is 15.0. The van der Waals surface area contributed by atoms with Gasteiger partial charge in [-0.3, -0.25) is 4.79 Å². The van der Waals surface area contributed by atoms with Crippen LogP contribution in [0, 0.1) is 6.92 Å². The number of hydrogen-bond acceptors (Lipinski definition) is 4. The van der Waals surface area contributed by atoms with E-state index in [0.717, 1.165) is 59.8 Å². The fourth-order valence-corrected chi connectivity index (χ4v) is 5.10. The van der Waals surface area contributed by atoms with Gasteiger partial charge in [-0.2, -0.15) is 0 Å². The van der Waals surface area contributed by atoms with Crippen LogP contribution in [-0.2, 0) is 17.1 Å². The summed E-state index contributed by atoms with van der Waals surface area (Å²) in [5, 5.41) is 1.58. The number of nitrogens with zero attached hydrogens (tertiary/aromatic N) is 3. The van der Waals surface area contributed by atoms with E-state index in [1.807, 2.05) is 30.3 Å². The number of piperazine rings is 1. The Morgan fingerprint density at radius 3 is 2.34 bits per heavy atom. The van der Waals surface area contributed by atoms with Crippen LogP contribution >= 0.6 is 18.5 Å². The molecule has 202 valence electrons. The summed E-state index contributed by atoms with van der Waals surface area (Å²) in [5.41, 5.74) is 6.03. The molecule has 0 radical (unpaired) electrons. The minimum Gasteiger partial charge on any atom is -0.354 e. The van der Waals surface area contributed by atoms with Crippen LogP contribution in [-0.4, -0.2) is 49.0 Å². The lowest BCUT2D eigenvalue weighted by molar-refractivity contribution is 0.0785. The summed E-state index contributed by atoms with van der Waals surface area (Å²) in [6.07, 6.45) is 1.72. The van der Waals surface area contributed by atoms with Crippen molar-refractivity contribution in [2.45, 2.75) is 44.8 Å². The van der Waals surface area contributed by atoms with Crippen molar-refractivity contribution in [2.24, 2.45) is 0 Å². The molecular weight excluding hydrogens is 513 g/mol. The first-order valence-electron chi connectivity index (χ1n) is 13.0. The summed E-state index contributed by atoms with van der Waals surface area (Å²) in [6, 6.07) is 16.0. The highest BCUT2D eigenvalue weighted by Gasteiger charge is 2.26. The molecule has 1 amide bonds.